The Morgan fingerprint density at radius 3 is 2.41 bits per heavy atom. The zero-order chi connectivity index (χ0) is 11.0. The predicted molar refractivity (Wildman–Crippen MR) is 58.9 cm³/mol. The summed E-state index contributed by atoms with van der Waals surface area (Å²) in [6.45, 7) is 0. The summed E-state index contributed by atoms with van der Waals surface area (Å²) in [4.78, 5) is 4.28. The Balaban J connectivity index is 0.00000108. The number of fused-ring (bicyclic) bond motifs is 1. The van der Waals surface area contributed by atoms with Crippen molar-refractivity contribution in [2.24, 2.45) is 0 Å². The number of hydrogen-bond acceptors (Lipinski definition) is 3. The fourth-order valence-electron chi connectivity index (χ4n) is 1.63. The summed E-state index contributed by atoms with van der Waals surface area (Å²) in [5, 5.41) is 11.6. The molecule has 0 atom stereocenters. The van der Waals surface area contributed by atoms with Crippen molar-refractivity contribution in [3.05, 3.63) is 48.5 Å². The topological polar surface area (TPSA) is 49.1 Å². The molecule has 0 saturated heterocycles. The van der Waals surface area contributed by atoms with Crippen LogP contribution >= 0.6 is 0 Å². The van der Waals surface area contributed by atoms with E-state index >= 15 is 0 Å². The van der Waals surface area contributed by atoms with Crippen molar-refractivity contribution in [2.75, 3.05) is 0 Å². The van der Waals surface area contributed by atoms with Crippen molar-refractivity contribution in [3.63, 3.8) is 0 Å². The van der Waals surface area contributed by atoms with Crippen molar-refractivity contribution < 1.29 is 28.4 Å². The summed E-state index contributed by atoms with van der Waals surface area (Å²) in [6, 6.07) is 14.2. The molecule has 0 radical (unpaired) electrons. The first-order chi connectivity index (χ1) is 7.84. The van der Waals surface area contributed by atoms with E-state index in [1.807, 2.05) is 24.3 Å². The Bertz CT molecular complexity index is 615. The van der Waals surface area contributed by atoms with Crippen LogP contribution in [0.4, 0.5) is 0 Å². The van der Waals surface area contributed by atoms with E-state index in [9.17, 15) is 5.11 Å². The third-order valence-corrected chi connectivity index (χ3v) is 2.41. The molecule has 0 bridgehead atoms. The van der Waals surface area contributed by atoms with Gasteiger partial charge in [-0.15, -0.1) is 0 Å². The molecule has 17 heavy (non-hydrogen) atoms. The molecule has 0 fully saturated rings. The Hall–Kier alpha value is -1.69. The number of aromatic nitrogens is 1. The van der Waals surface area contributed by atoms with Gasteiger partial charge in [0, 0.05) is 5.56 Å². The second-order valence-corrected chi connectivity index (χ2v) is 3.48. The molecule has 1 heterocycles. The minimum atomic E-state index is -0.0749. The average Bonchev–Trinajstić information content (AvgIpc) is 2.73. The zero-order valence-corrected chi connectivity index (χ0v) is 9.38. The summed E-state index contributed by atoms with van der Waals surface area (Å²) >= 11 is 0. The van der Waals surface area contributed by atoms with E-state index in [-0.39, 0.29) is 24.6 Å². The Kier molecular flexibility index (Phi) is 3.23. The van der Waals surface area contributed by atoms with Crippen molar-refractivity contribution in [3.8, 4) is 17.2 Å². The minimum absolute atomic E-state index is 0. The number of hydrogen-bond donors (Lipinski definition) is 0. The quantitative estimate of drug-likeness (QED) is 0.520. The van der Waals surface area contributed by atoms with Gasteiger partial charge < -0.3 is 9.52 Å². The zero-order valence-electron chi connectivity index (χ0n) is 9.38. The van der Waals surface area contributed by atoms with Crippen LogP contribution < -0.4 is 24.0 Å². The number of oxazole rings is 1. The molecule has 78 valence electrons. The average molecular weight is 217 g/mol. The third-order valence-electron chi connectivity index (χ3n) is 2.41. The number of nitrogens with zero attached hydrogens (tertiary/aromatic N) is 1. The number of benzene rings is 2. The molecule has 1 aromatic heterocycles. The fourth-order valence-corrected chi connectivity index (χ4v) is 1.63. The molecule has 0 spiro atoms. The van der Waals surface area contributed by atoms with Gasteiger partial charge in [0.2, 0.25) is 5.89 Å². The molecular weight excluding hydrogens is 209 g/mol. The predicted octanol–water partition coefficient (Wildman–Crippen LogP) is -0.428. The summed E-state index contributed by atoms with van der Waals surface area (Å²) in [5.74, 6) is 0.306. The summed E-state index contributed by atoms with van der Waals surface area (Å²) in [5.41, 5.74) is 1.96. The van der Waals surface area contributed by atoms with Gasteiger partial charge in [-0.3, -0.25) is 0 Å². The SMILES string of the molecule is [Li+].[O-]c1ccccc1-c1nc2ccccc2o1. The molecule has 0 aliphatic carbocycles. The standard InChI is InChI=1S/C13H9NO2.Li/c15-11-7-3-1-5-9(11)13-14-10-6-2-4-8-12(10)16-13;/h1-8,15H;/q;+1/p-1. The number of para-hydroxylation sites is 3. The van der Waals surface area contributed by atoms with Crippen LogP contribution in [0.25, 0.3) is 22.6 Å². The normalized spacial score (nSPS) is 10.1. The molecule has 0 N–H and O–H groups in total. The largest absolute Gasteiger partial charge is 1.00 e. The summed E-state index contributed by atoms with van der Waals surface area (Å²) in [7, 11) is 0. The van der Waals surface area contributed by atoms with Crippen LogP contribution in [0.1, 0.15) is 0 Å². The van der Waals surface area contributed by atoms with Gasteiger partial charge in [0.05, 0.1) is 0 Å². The first-order valence-corrected chi connectivity index (χ1v) is 4.96. The Morgan fingerprint density at radius 1 is 0.941 bits per heavy atom. The maximum absolute atomic E-state index is 11.6. The first kappa shape index (κ1) is 11.8. The molecular formula is C13H8LiNO2. The van der Waals surface area contributed by atoms with Crippen molar-refractivity contribution in [2.45, 2.75) is 0 Å². The number of rotatable bonds is 1. The van der Waals surface area contributed by atoms with E-state index in [0.29, 0.717) is 17.0 Å². The van der Waals surface area contributed by atoms with Gasteiger partial charge in [-0.2, -0.15) is 0 Å². The van der Waals surface area contributed by atoms with Gasteiger partial charge in [0.25, 0.3) is 0 Å². The van der Waals surface area contributed by atoms with Crippen LogP contribution in [-0.4, -0.2) is 4.98 Å². The molecule has 0 amide bonds. The van der Waals surface area contributed by atoms with Crippen LogP contribution in [-0.2, 0) is 0 Å². The van der Waals surface area contributed by atoms with Crippen LogP contribution in [0.3, 0.4) is 0 Å². The maximum Gasteiger partial charge on any atom is 1.00 e. The second-order valence-electron chi connectivity index (χ2n) is 3.48. The molecule has 3 aromatic rings. The molecule has 0 aliphatic rings. The Morgan fingerprint density at radius 2 is 1.65 bits per heavy atom. The van der Waals surface area contributed by atoms with Gasteiger partial charge in [-0.05, 0) is 12.1 Å². The van der Waals surface area contributed by atoms with Gasteiger partial charge >= 0.3 is 18.9 Å². The summed E-state index contributed by atoms with van der Waals surface area (Å²) < 4.78 is 5.52. The van der Waals surface area contributed by atoms with Crippen LogP contribution in [0.2, 0.25) is 0 Å². The second kappa shape index (κ2) is 4.66. The molecule has 0 unspecified atom stereocenters. The van der Waals surface area contributed by atoms with Gasteiger partial charge in [0.1, 0.15) is 5.52 Å². The van der Waals surface area contributed by atoms with E-state index in [2.05, 4.69) is 4.98 Å². The van der Waals surface area contributed by atoms with Crippen molar-refractivity contribution in [1.82, 2.24) is 4.98 Å². The van der Waals surface area contributed by atoms with E-state index in [0.717, 1.165) is 5.52 Å². The molecule has 3 rings (SSSR count). The molecule has 3 nitrogen and oxygen atoms in total. The Labute approximate surface area is 110 Å². The van der Waals surface area contributed by atoms with Crippen LogP contribution in [0.15, 0.2) is 52.9 Å². The maximum atomic E-state index is 11.6. The van der Waals surface area contributed by atoms with E-state index in [1.54, 1.807) is 18.2 Å². The van der Waals surface area contributed by atoms with Crippen molar-refractivity contribution >= 4 is 11.1 Å². The van der Waals surface area contributed by atoms with Gasteiger partial charge in [0.15, 0.2) is 5.58 Å². The van der Waals surface area contributed by atoms with Crippen LogP contribution in [0, 0.1) is 0 Å². The van der Waals surface area contributed by atoms with Crippen LogP contribution in [0.5, 0.6) is 5.75 Å². The van der Waals surface area contributed by atoms with Gasteiger partial charge in [-0.25, -0.2) is 4.98 Å². The molecule has 2 aromatic carbocycles. The molecule has 0 saturated carbocycles. The third kappa shape index (κ3) is 2.08. The van der Waals surface area contributed by atoms with Gasteiger partial charge in [-0.1, -0.05) is 42.1 Å². The fraction of sp³-hybridized carbons (Fsp3) is 0. The first-order valence-electron chi connectivity index (χ1n) is 4.96. The van der Waals surface area contributed by atoms with E-state index in [1.165, 1.54) is 6.07 Å². The smallest absolute Gasteiger partial charge is 0.872 e. The summed E-state index contributed by atoms with van der Waals surface area (Å²) in [6.07, 6.45) is 0. The molecule has 4 heteroatoms. The van der Waals surface area contributed by atoms with E-state index < -0.39 is 0 Å². The van der Waals surface area contributed by atoms with E-state index in [4.69, 9.17) is 4.42 Å². The molecule has 0 aliphatic heterocycles. The monoisotopic (exact) mass is 217 g/mol. The minimum Gasteiger partial charge on any atom is -0.872 e. The van der Waals surface area contributed by atoms with Crippen molar-refractivity contribution in [1.29, 1.82) is 0 Å².